The predicted molar refractivity (Wildman–Crippen MR) is 126 cm³/mol. The fourth-order valence-corrected chi connectivity index (χ4v) is 4.17. The fraction of sp³-hybridized carbons (Fsp3) is 0.833. The summed E-state index contributed by atoms with van der Waals surface area (Å²) in [6.45, 7) is 0.536. The number of rotatable bonds is 14. The molecule has 0 bridgehead atoms. The summed E-state index contributed by atoms with van der Waals surface area (Å²) in [6, 6.07) is 0. The first-order valence-corrected chi connectivity index (χ1v) is 12.7. The molecule has 2 heterocycles. The number of aliphatic hydroxyl groups is 7. The van der Waals surface area contributed by atoms with Crippen molar-refractivity contribution in [2.75, 3.05) is 13.2 Å². The van der Waals surface area contributed by atoms with Crippen molar-refractivity contribution in [3.05, 3.63) is 12.2 Å². The number of hydrogen-bond acceptors (Lipinski definition) is 13. The molecule has 0 radical (unpaired) electrons. The van der Waals surface area contributed by atoms with Gasteiger partial charge >= 0.3 is 11.9 Å². The van der Waals surface area contributed by atoms with Crippen LogP contribution in [0, 0.1) is 5.92 Å². The number of hydrogen-bond donors (Lipinski definition) is 8. The minimum absolute atomic E-state index is 0.615. The molecule has 1 unspecified atom stereocenters. The molecule has 2 aliphatic heterocycles. The third kappa shape index (κ3) is 8.64. The van der Waals surface area contributed by atoms with Gasteiger partial charge in [0, 0.05) is 0 Å². The van der Waals surface area contributed by atoms with E-state index in [1.54, 1.807) is 6.08 Å². The number of carbonyl (C=O) groups is 2. The Balaban J connectivity index is 2.12. The maximum Gasteiger partial charge on any atom is 0.310 e. The van der Waals surface area contributed by atoms with Crippen LogP contribution in [0.1, 0.15) is 45.4 Å². The van der Waals surface area contributed by atoms with Gasteiger partial charge in [-0.25, -0.2) is 0 Å². The van der Waals surface area contributed by atoms with Gasteiger partial charge in [0.15, 0.2) is 12.4 Å². The number of carboxylic acid groups (broad SMARTS) is 1. The van der Waals surface area contributed by atoms with Crippen LogP contribution in [0.2, 0.25) is 0 Å². The molecule has 2 rings (SSSR count). The Labute approximate surface area is 220 Å². The van der Waals surface area contributed by atoms with Crippen LogP contribution < -0.4 is 0 Å². The molecule has 14 nitrogen and oxygen atoms in total. The summed E-state index contributed by atoms with van der Waals surface area (Å²) in [5, 5.41) is 79.4. The maximum atomic E-state index is 12.6. The highest BCUT2D eigenvalue weighted by atomic mass is 16.8. The van der Waals surface area contributed by atoms with Crippen LogP contribution in [-0.2, 0) is 28.5 Å². The summed E-state index contributed by atoms with van der Waals surface area (Å²) < 4.78 is 21.3. The molecule has 220 valence electrons. The van der Waals surface area contributed by atoms with Crippen molar-refractivity contribution >= 4 is 11.9 Å². The number of aliphatic carboxylic acids is 1. The molecule has 0 aromatic rings. The van der Waals surface area contributed by atoms with Gasteiger partial charge in [-0.1, -0.05) is 38.3 Å². The van der Waals surface area contributed by atoms with E-state index in [2.05, 4.69) is 6.92 Å². The maximum absolute atomic E-state index is 12.6. The quantitative estimate of drug-likeness (QED) is 0.0647. The molecule has 0 aliphatic carbocycles. The van der Waals surface area contributed by atoms with Crippen LogP contribution in [0.4, 0.5) is 0 Å². The Kier molecular flexibility index (Phi) is 13.5. The molecule has 38 heavy (non-hydrogen) atoms. The predicted octanol–water partition coefficient (Wildman–Crippen LogP) is -2.23. The lowest BCUT2D eigenvalue weighted by Crippen LogP contribution is -2.64. The van der Waals surface area contributed by atoms with Crippen molar-refractivity contribution in [2.45, 2.75) is 107 Å². The van der Waals surface area contributed by atoms with Gasteiger partial charge in [0.25, 0.3) is 0 Å². The zero-order chi connectivity index (χ0) is 28.4. The lowest BCUT2D eigenvalue weighted by atomic mass is 9.97. The van der Waals surface area contributed by atoms with E-state index in [0.717, 1.165) is 25.7 Å². The van der Waals surface area contributed by atoms with Gasteiger partial charge < -0.3 is 59.8 Å². The van der Waals surface area contributed by atoms with E-state index in [4.69, 9.17) is 18.9 Å². The van der Waals surface area contributed by atoms with E-state index in [9.17, 15) is 50.4 Å². The number of allylic oxidation sites excluding steroid dienone is 1. The van der Waals surface area contributed by atoms with Crippen molar-refractivity contribution < 1.29 is 69.4 Å². The van der Waals surface area contributed by atoms with Gasteiger partial charge in [-0.3, -0.25) is 9.59 Å². The average molecular weight is 553 g/mol. The van der Waals surface area contributed by atoms with E-state index < -0.39 is 98.9 Å². The monoisotopic (exact) mass is 552 g/mol. The third-order valence-corrected chi connectivity index (χ3v) is 6.51. The van der Waals surface area contributed by atoms with Crippen molar-refractivity contribution in [1.29, 1.82) is 0 Å². The minimum atomic E-state index is -1.86. The first-order valence-electron chi connectivity index (χ1n) is 12.7. The summed E-state index contributed by atoms with van der Waals surface area (Å²) in [4.78, 5) is 24.3. The van der Waals surface area contributed by atoms with Crippen molar-refractivity contribution in [1.82, 2.24) is 0 Å². The molecule has 2 saturated heterocycles. The van der Waals surface area contributed by atoms with Gasteiger partial charge in [-0.2, -0.15) is 0 Å². The van der Waals surface area contributed by atoms with E-state index in [1.807, 2.05) is 0 Å². The first kappa shape index (κ1) is 32.5. The fourth-order valence-electron chi connectivity index (χ4n) is 4.17. The molecule has 0 amide bonds. The largest absolute Gasteiger partial charge is 0.481 e. The van der Waals surface area contributed by atoms with Gasteiger partial charge in [0.05, 0.1) is 25.6 Å². The molecule has 2 aliphatic rings. The second-order valence-corrected chi connectivity index (χ2v) is 9.42. The number of esters is 1. The third-order valence-electron chi connectivity index (χ3n) is 6.51. The molecule has 14 heteroatoms. The van der Waals surface area contributed by atoms with Gasteiger partial charge in [0.2, 0.25) is 6.29 Å². The summed E-state index contributed by atoms with van der Waals surface area (Å²) in [5.74, 6) is -3.57. The number of ether oxygens (including phenoxy) is 4. The van der Waals surface area contributed by atoms with Crippen molar-refractivity contribution in [3.63, 3.8) is 0 Å². The smallest absolute Gasteiger partial charge is 0.310 e. The van der Waals surface area contributed by atoms with Crippen molar-refractivity contribution in [2.24, 2.45) is 5.92 Å². The molecule has 0 aromatic heterocycles. The zero-order valence-corrected chi connectivity index (χ0v) is 21.2. The summed E-state index contributed by atoms with van der Waals surface area (Å²) in [6.07, 6.45) is -9.92. The Morgan fingerprint density at radius 2 is 1.45 bits per heavy atom. The first-order chi connectivity index (χ1) is 18.0. The van der Waals surface area contributed by atoms with E-state index in [0.29, 0.717) is 6.42 Å². The Morgan fingerprint density at radius 3 is 2.03 bits per heavy atom. The summed E-state index contributed by atoms with van der Waals surface area (Å²) in [5.41, 5.74) is 0. The van der Waals surface area contributed by atoms with Gasteiger partial charge in [-0.15, -0.1) is 0 Å². The van der Waals surface area contributed by atoms with Crippen molar-refractivity contribution in [3.8, 4) is 0 Å². The molecular weight excluding hydrogens is 512 g/mol. The highest BCUT2D eigenvalue weighted by Gasteiger charge is 2.51. The lowest BCUT2D eigenvalue weighted by Gasteiger charge is -2.45. The van der Waals surface area contributed by atoms with Gasteiger partial charge in [0.1, 0.15) is 42.7 Å². The highest BCUT2D eigenvalue weighted by Crippen LogP contribution is 2.30. The lowest BCUT2D eigenvalue weighted by molar-refractivity contribution is -0.376. The average Bonchev–Trinajstić information content (AvgIpc) is 2.89. The molecule has 11 atom stereocenters. The second kappa shape index (κ2) is 15.8. The molecule has 8 N–H and O–H groups in total. The Morgan fingerprint density at radius 1 is 0.842 bits per heavy atom. The normalized spacial score (nSPS) is 36.7. The summed E-state index contributed by atoms with van der Waals surface area (Å²) >= 11 is 0. The topological polar surface area (TPSA) is 233 Å². The van der Waals surface area contributed by atoms with Crippen LogP contribution in [-0.4, -0.2) is 127 Å². The second-order valence-electron chi connectivity index (χ2n) is 9.42. The number of aliphatic hydroxyl groups excluding tert-OH is 7. The summed E-state index contributed by atoms with van der Waals surface area (Å²) in [7, 11) is 0. The Bertz CT molecular complexity index is 760. The molecule has 0 spiro atoms. The van der Waals surface area contributed by atoms with E-state index in [-0.39, 0.29) is 0 Å². The zero-order valence-electron chi connectivity index (χ0n) is 21.2. The van der Waals surface area contributed by atoms with Crippen LogP contribution in [0.3, 0.4) is 0 Å². The van der Waals surface area contributed by atoms with Gasteiger partial charge in [-0.05, 0) is 12.8 Å². The van der Waals surface area contributed by atoms with Crippen LogP contribution in [0.5, 0.6) is 0 Å². The number of unbranched alkanes of at least 4 members (excludes halogenated alkanes) is 4. The van der Waals surface area contributed by atoms with E-state index >= 15 is 0 Å². The highest BCUT2D eigenvalue weighted by molar-refractivity contribution is 5.80. The Hall–Kier alpha value is -1.72. The van der Waals surface area contributed by atoms with Crippen LogP contribution in [0.15, 0.2) is 12.2 Å². The molecule has 0 saturated carbocycles. The van der Waals surface area contributed by atoms with Crippen LogP contribution in [0.25, 0.3) is 0 Å². The van der Waals surface area contributed by atoms with E-state index in [1.165, 1.54) is 6.08 Å². The molecule has 2 fully saturated rings. The molecular formula is C24H40O14. The number of carbonyl (C=O) groups excluding carboxylic acids is 1. The number of carboxylic acids is 1. The molecule has 0 aromatic carbocycles. The SMILES string of the molecule is CCCCCC/C=C/C(CC(=O)O[C@H]1[C@@H](O[C@H]2O[C@H](CO)[C@@H](O)[C@H](O)[C@H]2O)O[C@H](CO)[C@@H](O)[C@@H]1O)C(=O)O. The minimum Gasteiger partial charge on any atom is -0.481 e. The van der Waals surface area contributed by atoms with Crippen LogP contribution >= 0.6 is 0 Å². The standard InChI is InChI=1S/C24H40O14/c1-2-3-4-5-6-7-8-12(22(33)34)9-15(27)37-21-19(31)17(29)14(11-26)36-24(21)38-23-20(32)18(30)16(28)13(10-25)35-23/h7-8,12-14,16-21,23-26,28-32H,2-6,9-11H2,1H3,(H,33,34)/b8-7+/t12?,13-,14-,16-,17-,18+,19+,20-,21-,23-,24-/m1/s1.